The maximum Gasteiger partial charge on any atom is 0.121 e. The molecule has 0 saturated carbocycles. The molecule has 3 heteroatoms. The standard InChI is InChI=1S/C11H16N2O/c12-9-3-4-10(11(14)6-9)8-2-1-5-13-7-8/h3-4,6,8,13-14H,1-2,5,7,12H2/t8-/m0/s1. The Balaban J connectivity index is 2.22. The second kappa shape index (κ2) is 3.88. The van der Waals surface area contributed by atoms with Gasteiger partial charge < -0.3 is 16.2 Å². The highest BCUT2D eigenvalue weighted by atomic mass is 16.3. The highest BCUT2D eigenvalue weighted by molar-refractivity contribution is 5.49. The van der Waals surface area contributed by atoms with E-state index in [1.54, 1.807) is 6.07 Å². The second-order valence-electron chi connectivity index (χ2n) is 3.86. The fraction of sp³-hybridized carbons (Fsp3) is 0.455. The molecule has 1 fully saturated rings. The van der Waals surface area contributed by atoms with Gasteiger partial charge >= 0.3 is 0 Å². The lowest BCUT2D eigenvalue weighted by molar-refractivity contribution is 0.426. The third-order valence-electron chi connectivity index (χ3n) is 2.79. The largest absolute Gasteiger partial charge is 0.508 e. The fourth-order valence-electron chi connectivity index (χ4n) is 2.02. The van der Waals surface area contributed by atoms with Gasteiger partial charge in [-0.05, 0) is 31.0 Å². The Bertz CT molecular complexity index is 319. The van der Waals surface area contributed by atoms with E-state index >= 15 is 0 Å². The Morgan fingerprint density at radius 2 is 2.29 bits per heavy atom. The van der Waals surface area contributed by atoms with Crippen LogP contribution in [0.5, 0.6) is 5.75 Å². The number of aromatic hydroxyl groups is 1. The van der Waals surface area contributed by atoms with E-state index in [-0.39, 0.29) is 0 Å². The van der Waals surface area contributed by atoms with Crippen LogP contribution in [0.4, 0.5) is 5.69 Å². The molecule has 0 spiro atoms. The Morgan fingerprint density at radius 3 is 2.93 bits per heavy atom. The van der Waals surface area contributed by atoms with Gasteiger partial charge in [-0.3, -0.25) is 0 Å². The summed E-state index contributed by atoms with van der Waals surface area (Å²) < 4.78 is 0. The van der Waals surface area contributed by atoms with Crippen LogP contribution in [0, 0.1) is 0 Å². The molecule has 0 unspecified atom stereocenters. The topological polar surface area (TPSA) is 58.3 Å². The number of nitrogen functional groups attached to an aromatic ring is 1. The molecule has 2 rings (SSSR count). The first-order valence-electron chi connectivity index (χ1n) is 5.06. The molecular formula is C11H16N2O. The zero-order chi connectivity index (χ0) is 9.97. The summed E-state index contributed by atoms with van der Waals surface area (Å²) >= 11 is 0. The number of benzene rings is 1. The van der Waals surface area contributed by atoms with Gasteiger partial charge in [0.15, 0.2) is 0 Å². The molecule has 0 radical (unpaired) electrons. The molecule has 1 saturated heterocycles. The van der Waals surface area contributed by atoms with E-state index in [9.17, 15) is 5.11 Å². The zero-order valence-corrected chi connectivity index (χ0v) is 8.16. The van der Waals surface area contributed by atoms with Crippen molar-refractivity contribution >= 4 is 5.69 Å². The van der Waals surface area contributed by atoms with Crippen LogP contribution >= 0.6 is 0 Å². The molecule has 0 aromatic heterocycles. The molecule has 1 atom stereocenters. The van der Waals surface area contributed by atoms with Gasteiger partial charge in [0, 0.05) is 24.2 Å². The number of nitrogens with one attached hydrogen (secondary N) is 1. The Labute approximate surface area is 83.9 Å². The molecule has 1 aliphatic heterocycles. The van der Waals surface area contributed by atoms with Crippen LogP contribution in [0.15, 0.2) is 18.2 Å². The van der Waals surface area contributed by atoms with Crippen LogP contribution in [0.1, 0.15) is 24.3 Å². The summed E-state index contributed by atoms with van der Waals surface area (Å²) in [5, 5.41) is 13.1. The Hall–Kier alpha value is -1.22. The SMILES string of the molecule is Nc1ccc([C@H]2CCCNC2)c(O)c1. The molecule has 0 amide bonds. The third kappa shape index (κ3) is 1.82. The van der Waals surface area contributed by atoms with Crippen molar-refractivity contribution in [2.45, 2.75) is 18.8 Å². The van der Waals surface area contributed by atoms with Crippen molar-refractivity contribution in [1.29, 1.82) is 0 Å². The number of phenols is 1. The van der Waals surface area contributed by atoms with E-state index in [2.05, 4.69) is 5.32 Å². The lowest BCUT2D eigenvalue weighted by Crippen LogP contribution is -2.28. The zero-order valence-electron chi connectivity index (χ0n) is 8.16. The Morgan fingerprint density at radius 1 is 1.43 bits per heavy atom. The summed E-state index contributed by atoms with van der Waals surface area (Å²) in [7, 11) is 0. The van der Waals surface area contributed by atoms with E-state index < -0.39 is 0 Å². The number of rotatable bonds is 1. The van der Waals surface area contributed by atoms with Crippen LogP contribution in [-0.2, 0) is 0 Å². The highest BCUT2D eigenvalue weighted by Gasteiger charge is 2.17. The van der Waals surface area contributed by atoms with Gasteiger partial charge in [-0.1, -0.05) is 6.07 Å². The lowest BCUT2D eigenvalue weighted by Gasteiger charge is -2.23. The quantitative estimate of drug-likeness (QED) is 0.590. The minimum atomic E-state index is 0.332. The first kappa shape index (κ1) is 9.34. The van der Waals surface area contributed by atoms with Crippen molar-refractivity contribution in [2.24, 2.45) is 0 Å². The number of anilines is 1. The van der Waals surface area contributed by atoms with Crippen molar-refractivity contribution in [2.75, 3.05) is 18.8 Å². The summed E-state index contributed by atoms with van der Waals surface area (Å²) in [4.78, 5) is 0. The summed E-state index contributed by atoms with van der Waals surface area (Å²) in [5.41, 5.74) is 7.22. The van der Waals surface area contributed by atoms with E-state index in [0.29, 0.717) is 17.4 Å². The third-order valence-corrected chi connectivity index (χ3v) is 2.79. The monoisotopic (exact) mass is 192 g/mol. The molecule has 0 aliphatic carbocycles. The van der Waals surface area contributed by atoms with Gasteiger partial charge in [0.25, 0.3) is 0 Å². The number of nitrogens with two attached hydrogens (primary N) is 1. The van der Waals surface area contributed by atoms with E-state index in [4.69, 9.17) is 5.73 Å². The fourth-order valence-corrected chi connectivity index (χ4v) is 2.02. The number of hydrogen-bond donors (Lipinski definition) is 3. The van der Waals surface area contributed by atoms with Crippen LogP contribution in [0.3, 0.4) is 0 Å². The first-order valence-corrected chi connectivity index (χ1v) is 5.06. The molecule has 4 N–H and O–H groups in total. The highest BCUT2D eigenvalue weighted by Crippen LogP contribution is 2.31. The summed E-state index contributed by atoms with van der Waals surface area (Å²) in [6.07, 6.45) is 2.32. The molecule has 0 bridgehead atoms. The van der Waals surface area contributed by atoms with E-state index in [0.717, 1.165) is 25.1 Å². The molecule has 3 nitrogen and oxygen atoms in total. The summed E-state index contributed by atoms with van der Waals surface area (Å²) in [6.45, 7) is 2.05. The van der Waals surface area contributed by atoms with E-state index in [1.165, 1.54) is 6.42 Å². The molecule has 1 aromatic carbocycles. The van der Waals surface area contributed by atoms with Crippen molar-refractivity contribution in [3.63, 3.8) is 0 Å². The predicted molar refractivity (Wildman–Crippen MR) is 57.4 cm³/mol. The lowest BCUT2D eigenvalue weighted by atomic mass is 9.91. The first-order chi connectivity index (χ1) is 6.77. The van der Waals surface area contributed by atoms with Gasteiger partial charge in [-0.15, -0.1) is 0 Å². The van der Waals surface area contributed by atoms with Crippen LogP contribution < -0.4 is 11.1 Å². The van der Waals surface area contributed by atoms with Crippen LogP contribution in [-0.4, -0.2) is 18.2 Å². The van der Waals surface area contributed by atoms with Crippen LogP contribution in [0.25, 0.3) is 0 Å². The predicted octanol–water partition coefficient (Wildman–Crippen LogP) is 1.44. The molecular weight excluding hydrogens is 176 g/mol. The second-order valence-corrected chi connectivity index (χ2v) is 3.86. The van der Waals surface area contributed by atoms with Crippen molar-refractivity contribution < 1.29 is 5.11 Å². The van der Waals surface area contributed by atoms with Gasteiger partial charge in [0.2, 0.25) is 0 Å². The van der Waals surface area contributed by atoms with Gasteiger partial charge in [0.05, 0.1) is 0 Å². The minimum absolute atomic E-state index is 0.332. The molecule has 1 aromatic rings. The van der Waals surface area contributed by atoms with Crippen LogP contribution in [0.2, 0.25) is 0 Å². The average molecular weight is 192 g/mol. The minimum Gasteiger partial charge on any atom is -0.508 e. The molecule has 1 aliphatic rings. The maximum absolute atomic E-state index is 9.74. The van der Waals surface area contributed by atoms with E-state index in [1.807, 2.05) is 12.1 Å². The van der Waals surface area contributed by atoms with Crippen molar-refractivity contribution in [3.05, 3.63) is 23.8 Å². The summed E-state index contributed by atoms with van der Waals surface area (Å²) in [6, 6.07) is 5.41. The van der Waals surface area contributed by atoms with Gasteiger partial charge in [0.1, 0.15) is 5.75 Å². The van der Waals surface area contributed by atoms with Crippen molar-refractivity contribution in [3.8, 4) is 5.75 Å². The average Bonchev–Trinajstić information content (AvgIpc) is 2.19. The normalized spacial score (nSPS) is 22.1. The number of piperidine rings is 1. The number of phenolic OH excluding ortho intramolecular Hbond substituents is 1. The summed E-state index contributed by atoms with van der Waals surface area (Å²) in [5.74, 6) is 0.767. The smallest absolute Gasteiger partial charge is 0.121 e. The Kier molecular flexibility index (Phi) is 2.59. The van der Waals surface area contributed by atoms with Gasteiger partial charge in [-0.25, -0.2) is 0 Å². The molecule has 14 heavy (non-hydrogen) atoms. The number of hydrogen-bond acceptors (Lipinski definition) is 3. The molecule has 76 valence electrons. The van der Waals surface area contributed by atoms with Crippen molar-refractivity contribution in [1.82, 2.24) is 5.32 Å². The maximum atomic E-state index is 9.74. The van der Waals surface area contributed by atoms with Gasteiger partial charge in [-0.2, -0.15) is 0 Å². The molecule has 1 heterocycles.